The molecule has 4 N–H and O–H groups in total. The Morgan fingerprint density at radius 1 is 1.47 bits per heavy atom. The Morgan fingerprint density at radius 3 is 3.05 bits per heavy atom. The van der Waals surface area contributed by atoms with Crippen LogP contribution in [0.1, 0.15) is 27.7 Å². The quantitative estimate of drug-likeness (QED) is 0.576. The molecule has 2 heterocycles. The maximum atomic E-state index is 12.1. The van der Waals surface area contributed by atoms with Crippen molar-refractivity contribution in [1.29, 1.82) is 0 Å². The monoisotopic (exact) mass is 276 g/mol. The minimum atomic E-state index is -0.184. The van der Waals surface area contributed by atoms with Gasteiger partial charge < -0.3 is 10.7 Å². The van der Waals surface area contributed by atoms with Crippen LogP contribution in [0.2, 0.25) is 0 Å². The summed E-state index contributed by atoms with van der Waals surface area (Å²) in [5, 5.41) is 4.93. The topological polar surface area (TPSA) is 80.0 Å². The fraction of sp³-hybridized carbons (Fsp3) is 0.231. The minimum Gasteiger partial charge on any atom is -0.347 e. The molecule has 0 atom stereocenters. The van der Waals surface area contributed by atoms with Crippen molar-refractivity contribution in [3.05, 3.63) is 45.8 Å². The third-order valence-electron chi connectivity index (χ3n) is 2.82. The number of thiophene rings is 1. The molecule has 2 rings (SSSR count). The summed E-state index contributed by atoms with van der Waals surface area (Å²) >= 11 is 1.65. The fourth-order valence-corrected chi connectivity index (χ4v) is 2.71. The van der Waals surface area contributed by atoms with Crippen molar-refractivity contribution in [2.45, 2.75) is 19.9 Å². The van der Waals surface area contributed by atoms with E-state index in [1.165, 1.54) is 10.4 Å². The second kappa shape index (κ2) is 6.31. The van der Waals surface area contributed by atoms with Crippen molar-refractivity contribution in [2.75, 3.05) is 5.43 Å². The lowest BCUT2D eigenvalue weighted by molar-refractivity contribution is 0.0951. The predicted molar refractivity (Wildman–Crippen MR) is 76.9 cm³/mol. The first-order valence-corrected chi connectivity index (χ1v) is 6.89. The molecule has 0 aliphatic heterocycles. The van der Waals surface area contributed by atoms with Crippen LogP contribution in [-0.2, 0) is 13.0 Å². The number of aryl methyl sites for hydroxylation is 1. The molecule has 0 saturated carbocycles. The van der Waals surface area contributed by atoms with Crippen molar-refractivity contribution >= 4 is 23.1 Å². The van der Waals surface area contributed by atoms with Crippen LogP contribution in [0, 0.1) is 0 Å². The maximum absolute atomic E-state index is 12.1. The Hall–Kier alpha value is -1.92. The predicted octanol–water partition coefficient (Wildman–Crippen LogP) is 1.92. The first-order chi connectivity index (χ1) is 9.26. The van der Waals surface area contributed by atoms with Crippen molar-refractivity contribution in [1.82, 2.24) is 10.3 Å². The molecule has 100 valence electrons. The van der Waals surface area contributed by atoms with Gasteiger partial charge in [-0.15, -0.1) is 11.3 Å². The summed E-state index contributed by atoms with van der Waals surface area (Å²) in [4.78, 5) is 17.3. The molecule has 0 aliphatic carbocycles. The van der Waals surface area contributed by atoms with Gasteiger partial charge in [-0.25, -0.2) is 10.8 Å². The molecule has 19 heavy (non-hydrogen) atoms. The van der Waals surface area contributed by atoms with E-state index in [0.29, 0.717) is 17.9 Å². The van der Waals surface area contributed by atoms with Crippen molar-refractivity contribution in [3.8, 4) is 0 Å². The van der Waals surface area contributed by atoms with E-state index >= 15 is 0 Å². The van der Waals surface area contributed by atoms with Crippen LogP contribution in [-0.4, -0.2) is 10.9 Å². The van der Waals surface area contributed by atoms with Gasteiger partial charge in [-0.2, -0.15) is 0 Å². The number of hydrogen-bond acceptors (Lipinski definition) is 5. The van der Waals surface area contributed by atoms with Gasteiger partial charge in [0.25, 0.3) is 5.91 Å². The number of pyridine rings is 1. The van der Waals surface area contributed by atoms with Crippen LogP contribution < -0.4 is 16.6 Å². The summed E-state index contributed by atoms with van der Waals surface area (Å²) in [7, 11) is 0. The van der Waals surface area contributed by atoms with Gasteiger partial charge in [-0.05, 0) is 35.6 Å². The zero-order valence-electron chi connectivity index (χ0n) is 10.6. The molecule has 0 unspecified atom stereocenters. The molecule has 0 aromatic carbocycles. The Morgan fingerprint density at radius 2 is 2.32 bits per heavy atom. The van der Waals surface area contributed by atoms with Crippen LogP contribution in [0.25, 0.3) is 0 Å². The number of carbonyl (C=O) groups is 1. The summed E-state index contributed by atoms with van der Waals surface area (Å²) in [6.45, 7) is 2.63. The van der Waals surface area contributed by atoms with Gasteiger partial charge in [-0.3, -0.25) is 4.79 Å². The zero-order chi connectivity index (χ0) is 13.7. The highest BCUT2D eigenvalue weighted by Crippen LogP contribution is 2.17. The number of nitrogens with zero attached hydrogens (tertiary/aromatic N) is 1. The van der Waals surface area contributed by atoms with E-state index in [2.05, 4.69) is 28.7 Å². The molecule has 6 heteroatoms. The Bertz CT molecular complexity index is 567. The molecule has 2 aromatic rings. The molecule has 0 aliphatic rings. The lowest BCUT2D eigenvalue weighted by Gasteiger charge is -2.08. The number of nitrogens with one attached hydrogen (secondary N) is 2. The number of amides is 1. The summed E-state index contributed by atoms with van der Waals surface area (Å²) in [6, 6.07) is 5.48. The largest absolute Gasteiger partial charge is 0.347 e. The molecule has 5 nitrogen and oxygen atoms in total. The number of hydrazine groups is 1. The molecular formula is C13H16N4OS. The number of hydrogen-bond donors (Lipinski definition) is 3. The van der Waals surface area contributed by atoms with E-state index in [-0.39, 0.29) is 5.91 Å². The average molecular weight is 276 g/mol. The van der Waals surface area contributed by atoms with Crippen LogP contribution in [0.5, 0.6) is 0 Å². The highest BCUT2D eigenvalue weighted by Gasteiger charge is 2.12. The van der Waals surface area contributed by atoms with E-state index in [1.807, 2.05) is 5.38 Å². The highest BCUT2D eigenvalue weighted by atomic mass is 32.1. The minimum absolute atomic E-state index is 0.184. The Balaban J connectivity index is 2.05. The van der Waals surface area contributed by atoms with Crippen molar-refractivity contribution < 1.29 is 4.79 Å². The Labute approximate surface area is 115 Å². The summed E-state index contributed by atoms with van der Waals surface area (Å²) in [6.07, 6.45) is 2.55. The molecule has 0 saturated heterocycles. The molecule has 0 spiro atoms. The molecule has 0 fully saturated rings. The lowest BCUT2D eigenvalue weighted by Crippen LogP contribution is -2.25. The van der Waals surface area contributed by atoms with Crippen LogP contribution in [0.4, 0.5) is 5.82 Å². The van der Waals surface area contributed by atoms with Gasteiger partial charge in [0.2, 0.25) is 0 Å². The normalized spacial score (nSPS) is 10.2. The first kappa shape index (κ1) is 13.5. The van der Waals surface area contributed by atoms with E-state index in [9.17, 15) is 4.79 Å². The molecule has 1 amide bonds. The SMILES string of the molecule is CCc1ccsc1CNC(=O)c1cccnc1NN. The van der Waals surface area contributed by atoms with Gasteiger partial charge in [0.15, 0.2) is 5.82 Å². The number of rotatable bonds is 5. The Kier molecular flexibility index (Phi) is 4.48. The lowest BCUT2D eigenvalue weighted by atomic mass is 10.2. The van der Waals surface area contributed by atoms with E-state index in [1.54, 1.807) is 29.7 Å². The third kappa shape index (κ3) is 3.10. The van der Waals surface area contributed by atoms with Crippen molar-refractivity contribution in [3.63, 3.8) is 0 Å². The van der Waals surface area contributed by atoms with Crippen LogP contribution in [0.15, 0.2) is 29.8 Å². The van der Waals surface area contributed by atoms with E-state index < -0.39 is 0 Å². The highest BCUT2D eigenvalue weighted by molar-refractivity contribution is 7.10. The zero-order valence-corrected chi connectivity index (χ0v) is 11.5. The smallest absolute Gasteiger partial charge is 0.255 e. The number of nitrogen functional groups attached to an aromatic ring is 1. The number of nitrogens with two attached hydrogens (primary N) is 1. The van der Waals surface area contributed by atoms with Crippen LogP contribution >= 0.6 is 11.3 Å². The standard InChI is InChI=1S/C13H16N4OS/c1-2-9-5-7-19-11(9)8-16-13(18)10-4-3-6-15-12(10)17-14/h3-7H,2,8,14H2,1H3,(H,15,17)(H,16,18). The van der Waals surface area contributed by atoms with Gasteiger partial charge in [0.05, 0.1) is 12.1 Å². The van der Waals surface area contributed by atoms with Crippen LogP contribution in [0.3, 0.4) is 0 Å². The summed E-state index contributed by atoms with van der Waals surface area (Å²) < 4.78 is 0. The second-order valence-electron chi connectivity index (χ2n) is 3.95. The molecular weight excluding hydrogens is 260 g/mol. The van der Waals surface area contributed by atoms with Gasteiger partial charge in [0, 0.05) is 11.1 Å². The molecule has 0 radical (unpaired) electrons. The maximum Gasteiger partial charge on any atom is 0.255 e. The second-order valence-corrected chi connectivity index (χ2v) is 4.95. The summed E-state index contributed by atoms with van der Waals surface area (Å²) in [5.74, 6) is 5.53. The first-order valence-electron chi connectivity index (χ1n) is 6.01. The summed E-state index contributed by atoms with van der Waals surface area (Å²) in [5.41, 5.74) is 4.14. The molecule has 2 aromatic heterocycles. The number of carbonyl (C=O) groups excluding carboxylic acids is 1. The van der Waals surface area contributed by atoms with Gasteiger partial charge in [-0.1, -0.05) is 6.92 Å². The molecule has 0 bridgehead atoms. The third-order valence-corrected chi connectivity index (χ3v) is 3.78. The van der Waals surface area contributed by atoms with Gasteiger partial charge in [0.1, 0.15) is 0 Å². The van der Waals surface area contributed by atoms with E-state index in [0.717, 1.165) is 6.42 Å². The number of anilines is 1. The number of aromatic nitrogens is 1. The van der Waals surface area contributed by atoms with Gasteiger partial charge >= 0.3 is 0 Å². The van der Waals surface area contributed by atoms with E-state index in [4.69, 9.17) is 5.84 Å². The average Bonchev–Trinajstić information content (AvgIpc) is 2.92. The van der Waals surface area contributed by atoms with Crippen molar-refractivity contribution in [2.24, 2.45) is 5.84 Å². The fourth-order valence-electron chi connectivity index (χ4n) is 1.80.